The van der Waals surface area contributed by atoms with E-state index in [0.29, 0.717) is 5.02 Å². The second-order valence-corrected chi connectivity index (χ2v) is 5.20. The maximum atomic E-state index is 6.21. The Balaban J connectivity index is 2.05. The first kappa shape index (κ1) is 13.2. The highest BCUT2D eigenvalue weighted by Crippen LogP contribution is 2.24. The molecule has 0 fully saturated rings. The molecule has 2 aromatic heterocycles. The second kappa shape index (κ2) is 5.65. The van der Waals surface area contributed by atoms with Crippen molar-refractivity contribution in [3.8, 4) is 0 Å². The van der Waals surface area contributed by atoms with Crippen LogP contribution in [0.4, 0.5) is 0 Å². The van der Waals surface area contributed by atoms with Crippen molar-refractivity contribution in [3.63, 3.8) is 0 Å². The first-order chi connectivity index (χ1) is 9.79. The minimum absolute atomic E-state index is 0.709. The predicted molar refractivity (Wildman–Crippen MR) is 83.1 cm³/mol. The van der Waals surface area contributed by atoms with Crippen LogP contribution in [0, 0.1) is 0 Å². The van der Waals surface area contributed by atoms with E-state index in [1.54, 1.807) is 12.4 Å². The number of hydrogen-bond acceptors (Lipinski definition) is 2. The van der Waals surface area contributed by atoms with E-state index >= 15 is 0 Å². The lowest BCUT2D eigenvalue weighted by molar-refractivity contribution is 0.795. The van der Waals surface area contributed by atoms with Crippen LogP contribution in [0.25, 0.3) is 10.9 Å². The lowest BCUT2D eigenvalue weighted by Gasteiger charge is -2.06. The summed E-state index contributed by atoms with van der Waals surface area (Å²) in [4.78, 5) is 4.03. The predicted octanol–water partition coefficient (Wildman–Crippen LogP) is 3.46. The summed E-state index contributed by atoms with van der Waals surface area (Å²) in [5.41, 5.74) is 3.61. The number of para-hydroxylation sites is 1. The number of aromatic nitrogens is 2. The normalized spacial score (nSPS) is 11.1. The molecule has 1 aromatic carbocycles. The van der Waals surface area contributed by atoms with Crippen molar-refractivity contribution >= 4 is 22.5 Å². The zero-order valence-corrected chi connectivity index (χ0v) is 12.1. The molecule has 20 heavy (non-hydrogen) atoms. The Morgan fingerprint density at radius 3 is 2.85 bits per heavy atom. The fraction of sp³-hybridized carbons (Fsp3) is 0.188. The van der Waals surface area contributed by atoms with Crippen LogP contribution in [-0.4, -0.2) is 16.6 Å². The van der Waals surface area contributed by atoms with Crippen LogP contribution in [0.2, 0.25) is 5.02 Å². The van der Waals surface area contributed by atoms with Gasteiger partial charge in [0.05, 0.1) is 5.02 Å². The van der Waals surface area contributed by atoms with Crippen molar-refractivity contribution in [2.24, 2.45) is 0 Å². The average molecular weight is 286 g/mol. The lowest BCUT2D eigenvalue weighted by Crippen LogP contribution is -2.04. The fourth-order valence-corrected chi connectivity index (χ4v) is 2.68. The van der Waals surface area contributed by atoms with Gasteiger partial charge in [-0.15, -0.1) is 0 Å². The van der Waals surface area contributed by atoms with Gasteiger partial charge in [-0.25, -0.2) is 0 Å². The number of benzene rings is 1. The quantitative estimate of drug-likeness (QED) is 0.796. The standard InChI is InChI=1S/C16H16ClN3/c1-18-8-13-11-20(16-5-3-2-4-14(13)16)10-12-6-7-19-9-15(12)17/h2-7,9,11,18H,8,10H2,1H3. The summed E-state index contributed by atoms with van der Waals surface area (Å²) in [5.74, 6) is 0. The molecule has 0 aliphatic heterocycles. The van der Waals surface area contributed by atoms with Gasteiger partial charge in [-0.1, -0.05) is 29.8 Å². The Morgan fingerprint density at radius 2 is 2.05 bits per heavy atom. The van der Waals surface area contributed by atoms with E-state index in [-0.39, 0.29) is 0 Å². The molecule has 102 valence electrons. The molecule has 0 saturated heterocycles. The molecular formula is C16H16ClN3. The highest BCUT2D eigenvalue weighted by atomic mass is 35.5. The van der Waals surface area contributed by atoms with Crippen LogP contribution in [0.1, 0.15) is 11.1 Å². The fourth-order valence-electron chi connectivity index (χ4n) is 2.50. The molecule has 2 heterocycles. The van der Waals surface area contributed by atoms with Gasteiger partial charge in [0.2, 0.25) is 0 Å². The number of rotatable bonds is 4. The van der Waals surface area contributed by atoms with E-state index in [4.69, 9.17) is 11.6 Å². The first-order valence-electron chi connectivity index (χ1n) is 6.59. The molecule has 0 unspecified atom stereocenters. The van der Waals surface area contributed by atoms with E-state index in [1.807, 2.05) is 13.1 Å². The maximum Gasteiger partial charge on any atom is 0.0639 e. The largest absolute Gasteiger partial charge is 0.343 e. The number of halogens is 1. The third kappa shape index (κ3) is 2.42. The summed E-state index contributed by atoms with van der Waals surface area (Å²) < 4.78 is 2.24. The molecule has 0 aliphatic carbocycles. The molecule has 0 amide bonds. The average Bonchev–Trinajstić information content (AvgIpc) is 2.81. The number of pyridine rings is 1. The van der Waals surface area contributed by atoms with Gasteiger partial charge >= 0.3 is 0 Å². The third-order valence-corrected chi connectivity index (χ3v) is 3.78. The molecule has 3 rings (SSSR count). The SMILES string of the molecule is CNCc1cn(Cc2ccncc2Cl)c2ccccc12. The number of nitrogens with zero attached hydrogens (tertiary/aromatic N) is 2. The number of fused-ring (bicyclic) bond motifs is 1. The van der Waals surface area contributed by atoms with Crippen LogP contribution < -0.4 is 5.32 Å². The molecular weight excluding hydrogens is 270 g/mol. The van der Waals surface area contributed by atoms with E-state index in [1.165, 1.54) is 16.5 Å². The summed E-state index contributed by atoms with van der Waals surface area (Å²) in [5, 5.41) is 5.21. The van der Waals surface area contributed by atoms with Gasteiger partial charge in [-0.05, 0) is 30.3 Å². The highest BCUT2D eigenvalue weighted by molar-refractivity contribution is 6.31. The molecule has 3 aromatic rings. The van der Waals surface area contributed by atoms with Crippen molar-refractivity contribution in [2.45, 2.75) is 13.1 Å². The van der Waals surface area contributed by atoms with Gasteiger partial charge in [0.15, 0.2) is 0 Å². The summed E-state index contributed by atoms with van der Waals surface area (Å²) in [6.45, 7) is 1.61. The monoisotopic (exact) mass is 285 g/mol. The summed E-state index contributed by atoms with van der Waals surface area (Å²) in [6.07, 6.45) is 5.66. The minimum atomic E-state index is 0.709. The van der Waals surface area contributed by atoms with Gasteiger partial charge < -0.3 is 9.88 Å². The minimum Gasteiger partial charge on any atom is -0.343 e. The molecule has 4 heteroatoms. The maximum absolute atomic E-state index is 6.21. The van der Waals surface area contributed by atoms with Gasteiger partial charge in [-0.3, -0.25) is 4.98 Å². The van der Waals surface area contributed by atoms with Crippen LogP contribution in [0.5, 0.6) is 0 Å². The van der Waals surface area contributed by atoms with Crippen LogP contribution >= 0.6 is 11.6 Å². The van der Waals surface area contributed by atoms with E-state index in [2.05, 4.69) is 45.3 Å². The Hall–Kier alpha value is -1.84. The lowest BCUT2D eigenvalue weighted by atomic mass is 10.2. The number of hydrogen-bond donors (Lipinski definition) is 1. The first-order valence-corrected chi connectivity index (χ1v) is 6.97. The van der Waals surface area contributed by atoms with Gasteiger partial charge in [0.1, 0.15) is 0 Å². The molecule has 0 aliphatic rings. The molecule has 0 atom stereocenters. The molecule has 1 N–H and O–H groups in total. The molecule has 0 saturated carbocycles. The Kier molecular flexibility index (Phi) is 3.72. The smallest absolute Gasteiger partial charge is 0.0639 e. The Morgan fingerprint density at radius 1 is 1.20 bits per heavy atom. The van der Waals surface area contributed by atoms with Crippen molar-refractivity contribution in [1.29, 1.82) is 0 Å². The molecule has 3 nitrogen and oxygen atoms in total. The van der Waals surface area contributed by atoms with Crippen molar-refractivity contribution < 1.29 is 0 Å². The zero-order valence-electron chi connectivity index (χ0n) is 11.3. The van der Waals surface area contributed by atoms with E-state index in [0.717, 1.165) is 18.7 Å². The van der Waals surface area contributed by atoms with Crippen molar-refractivity contribution in [3.05, 3.63) is 65.1 Å². The van der Waals surface area contributed by atoms with Crippen LogP contribution in [-0.2, 0) is 13.1 Å². The van der Waals surface area contributed by atoms with Gasteiger partial charge in [0, 0.05) is 42.6 Å². The Bertz CT molecular complexity index is 733. The van der Waals surface area contributed by atoms with E-state index < -0.39 is 0 Å². The van der Waals surface area contributed by atoms with Crippen molar-refractivity contribution in [1.82, 2.24) is 14.9 Å². The summed E-state index contributed by atoms with van der Waals surface area (Å²) >= 11 is 6.21. The molecule has 0 radical (unpaired) electrons. The van der Waals surface area contributed by atoms with Gasteiger partial charge in [-0.2, -0.15) is 0 Å². The molecule has 0 spiro atoms. The number of nitrogens with one attached hydrogen (secondary N) is 1. The Labute approximate surface area is 123 Å². The van der Waals surface area contributed by atoms with E-state index in [9.17, 15) is 0 Å². The zero-order chi connectivity index (χ0) is 13.9. The summed E-state index contributed by atoms with van der Waals surface area (Å²) in [6, 6.07) is 10.4. The third-order valence-electron chi connectivity index (χ3n) is 3.44. The molecule has 0 bridgehead atoms. The summed E-state index contributed by atoms with van der Waals surface area (Å²) in [7, 11) is 1.96. The highest BCUT2D eigenvalue weighted by Gasteiger charge is 2.09. The second-order valence-electron chi connectivity index (χ2n) is 4.80. The van der Waals surface area contributed by atoms with Crippen LogP contribution in [0.3, 0.4) is 0 Å². The topological polar surface area (TPSA) is 29.9 Å². The van der Waals surface area contributed by atoms with Crippen LogP contribution in [0.15, 0.2) is 48.9 Å². The van der Waals surface area contributed by atoms with Crippen molar-refractivity contribution in [2.75, 3.05) is 7.05 Å². The van der Waals surface area contributed by atoms with Gasteiger partial charge in [0.25, 0.3) is 0 Å².